The van der Waals surface area contributed by atoms with Gasteiger partial charge in [0.05, 0.1) is 13.2 Å². The van der Waals surface area contributed by atoms with Crippen LogP contribution in [0.5, 0.6) is 0 Å². The van der Waals surface area contributed by atoms with E-state index in [9.17, 15) is 0 Å². The van der Waals surface area contributed by atoms with Crippen molar-refractivity contribution >= 4 is 0 Å². The predicted octanol–water partition coefficient (Wildman–Crippen LogP) is 3.91. The Bertz CT molecular complexity index is 309. The summed E-state index contributed by atoms with van der Waals surface area (Å²) < 4.78 is 10.1. The number of aryl methyl sites for hydroxylation is 1. The van der Waals surface area contributed by atoms with Crippen molar-refractivity contribution in [3.05, 3.63) is 18.7 Å². The van der Waals surface area contributed by atoms with Crippen LogP contribution in [0.15, 0.2) is 18.7 Å². The third-order valence-corrected chi connectivity index (χ3v) is 3.40. The number of nitrogens with zero attached hydrogens (tertiary/aromatic N) is 2. The van der Waals surface area contributed by atoms with E-state index >= 15 is 0 Å². The second-order valence-electron chi connectivity index (χ2n) is 5.32. The Labute approximate surface area is 118 Å². The van der Waals surface area contributed by atoms with Crippen molar-refractivity contribution in [1.29, 1.82) is 0 Å². The monoisotopic (exact) mass is 267 g/mol. The van der Waals surface area contributed by atoms with Crippen LogP contribution in [0, 0.1) is 0 Å². The molecule has 3 heteroatoms. The first-order valence-corrected chi connectivity index (χ1v) is 7.99. The molecule has 0 saturated carbocycles. The molecule has 3 nitrogen and oxygen atoms in total. The molecule has 0 amide bonds. The lowest BCUT2D eigenvalue weighted by Crippen LogP contribution is -2.32. The predicted molar refractivity (Wildman–Crippen MR) is 78.9 cm³/mol. The Balaban J connectivity index is 2.06. The van der Waals surface area contributed by atoms with E-state index in [-0.39, 0.29) is 0 Å². The largest absolute Gasteiger partial charge is 0.342 e. The Hall–Kier alpha value is -0.830. The molecule has 1 aromatic heterocycles. The highest BCUT2D eigenvalue weighted by molar-refractivity contribution is 4.65. The smallest absolute Gasteiger partial charge is 0.245 e. The molecular weight excluding hydrogens is 236 g/mol. The molecule has 0 radical (unpaired) electrons. The van der Waals surface area contributed by atoms with Crippen LogP contribution < -0.4 is 4.57 Å². The summed E-state index contributed by atoms with van der Waals surface area (Å²) in [4.78, 5) is 0. The van der Waals surface area contributed by atoms with Crippen LogP contribution in [0.2, 0.25) is 0 Å². The summed E-state index contributed by atoms with van der Waals surface area (Å²) in [5.41, 5.74) is 0. The van der Waals surface area contributed by atoms with E-state index in [0.717, 1.165) is 13.2 Å². The number of rotatable bonds is 12. The maximum Gasteiger partial charge on any atom is 0.245 e. The van der Waals surface area contributed by atoms with Crippen molar-refractivity contribution < 1.29 is 9.30 Å². The number of unbranched alkanes of at least 4 members (excludes halogenated alkanes) is 6. The zero-order valence-electron chi connectivity index (χ0n) is 12.8. The summed E-state index contributed by atoms with van der Waals surface area (Å²) in [7, 11) is 0. The Kier molecular flexibility index (Phi) is 9.42. The molecular formula is C16H31N2O+. The van der Waals surface area contributed by atoms with Crippen molar-refractivity contribution in [2.75, 3.05) is 6.61 Å². The van der Waals surface area contributed by atoms with Crippen molar-refractivity contribution in [3.63, 3.8) is 0 Å². The number of hydrogen-bond donors (Lipinski definition) is 0. The van der Waals surface area contributed by atoms with Crippen LogP contribution in [0.1, 0.15) is 65.2 Å². The van der Waals surface area contributed by atoms with E-state index in [1.54, 1.807) is 0 Å². The zero-order chi connectivity index (χ0) is 13.8. The van der Waals surface area contributed by atoms with Gasteiger partial charge in [0.15, 0.2) is 6.73 Å². The van der Waals surface area contributed by atoms with Crippen LogP contribution in [0.3, 0.4) is 0 Å². The lowest BCUT2D eigenvalue weighted by atomic mass is 10.2. The molecule has 1 heterocycles. The molecule has 0 aliphatic carbocycles. The van der Waals surface area contributed by atoms with Gasteiger partial charge in [0.25, 0.3) is 0 Å². The van der Waals surface area contributed by atoms with E-state index in [1.165, 1.54) is 51.4 Å². The third kappa shape index (κ3) is 8.04. The summed E-state index contributed by atoms with van der Waals surface area (Å²) in [5.74, 6) is 0. The Morgan fingerprint density at radius 1 is 0.947 bits per heavy atom. The molecule has 0 spiro atoms. The molecule has 0 aromatic carbocycles. The Morgan fingerprint density at radius 3 is 2.42 bits per heavy atom. The fraction of sp³-hybridized carbons (Fsp3) is 0.812. The van der Waals surface area contributed by atoms with Gasteiger partial charge in [-0.2, -0.15) is 0 Å². The average Bonchev–Trinajstić information content (AvgIpc) is 2.87. The van der Waals surface area contributed by atoms with Crippen LogP contribution >= 0.6 is 0 Å². The molecule has 1 aromatic rings. The first kappa shape index (κ1) is 16.2. The van der Waals surface area contributed by atoms with Gasteiger partial charge in [0.2, 0.25) is 6.33 Å². The van der Waals surface area contributed by atoms with E-state index < -0.39 is 0 Å². The quantitative estimate of drug-likeness (QED) is 0.415. The average molecular weight is 267 g/mol. The molecule has 1 rings (SSSR count). The summed E-state index contributed by atoms with van der Waals surface area (Å²) in [6.45, 7) is 7.19. The fourth-order valence-electron chi connectivity index (χ4n) is 2.17. The van der Waals surface area contributed by atoms with E-state index in [4.69, 9.17) is 4.74 Å². The van der Waals surface area contributed by atoms with Crippen molar-refractivity contribution in [2.24, 2.45) is 0 Å². The highest BCUT2D eigenvalue weighted by atomic mass is 16.5. The number of ether oxygens (including phenoxy) is 1. The standard InChI is InChI=1S/C16H31N2O/c1-3-5-7-9-11-17-12-13-18(15-17)16-19-14-10-8-6-4-2/h12-13,15H,3-11,14,16H2,1-2H3/q+1. The molecule has 0 saturated heterocycles. The number of hydrogen-bond acceptors (Lipinski definition) is 1. The van der Waals surface area contributed by atoms with Crippen LogP contribution in [-0.2, 0) is 18.0 Å². The van der Waals surface area contributed by atoms with E-state index in [1.807, 2.05) is 0 Å². The van der Waals surface area contributed by atoms with Crippen LogP contribution in [0.25, 0.3) is 0 Å². The maximum absolute atomic E-state index is 5.67. The van der Waals surface area contributed by atoms with Gasteiger partial charge in [-0.25, -0.2) is 9.13 Å². The van der Waals surface area contributed by atoms with Crippen LogP contribution in [0.4, 0.5) is 0 Å². The van der Waals surface area contributed by atoms with Gasteiger partial charge < -0.3 is 4.74 Å². The van der Waals surface area contributed by atoms with Gasteiger partial charge in [-0.1, -0.05) is 46.0 Å². The fourth-order valence-corrected chi connectivity index (χ4v) is 2.17. The SMILES string of the molecule is CCCCCCOC[n+]1ccn(CCCCCC)c1. The molecule has 0 bridgehead atoms. The molecule has 0 N–H and O–H groups in total. The van der Waals surface area contributed by atoms with Gasteiger partial charge >= 0.3 is 0 Å². The molecule has 19 heavy (non-hydrogen) atoms. The van der Waals surface area contributed by atoms with Crippen molar-refractivity contribution in [3.8, 4) is 0 Å². The highest BCUT2D eigenvalue weighted by Crippen LogP contribution is 2.01. The van der Waals surface area contributed by atoms with Crippen molar-refractivity contribution in [1.82, 2.24) is 4.57 Å². The molecule has 0 atom stereocenters. The number of aromatic nitrogens is 2. The molecule has 0 aliphatic heterocycles. The minimum atomic E-state index is 0.689. The second-order valence-corrected chi connectivity index (χ2v) is 5.32. The minimum Gasteiger partial charge on any atom is -0.342 e. The van der Waals surface area contributed by atoms with E-state index in [0.29, 0.717) is 6.73 Å². The van der Waals surface area contributed by atoms with E-state index in [2.05, 4.69) is 41.7 Å². The maximum atomic E-state index is 5.67. The first-order chi connectivity index (χ1) is 9.36. The molecule has 0 aliphatic rings. The number of imidazole rings is 1. The van der Waals surface area contributed by atoms with Gasteiger partial charge in [-0.3, -0.25) is 0 Å². The molecule has 0 fully saturated rings. The summed E-state index contributed by atoms with van der Waals surface area (Å²) in [6.07, 6.45) is 16.8. The summed E-state index contributed by atoms with van der Waals surface area (Å²) in [6, 6.07) is 0. The van der Waals surface area contributed by atoms with Gasteiger partial charge in [0.1, 0.15) is 12.4 Å². The zero-order valence-corrected chi connectivity index (χ0v) is 12.8. The second kappa shape index (κ2) is 11.0. The van der Waals surface area contributed by atoms with Crippen LogP contribution in [-0.4, -0.2) is 11.2 Å². The minimum absolute atomic E-state index is 0.689. The normalized spacial score (nSPS) is 11.1. The lowest BCUT2D eigenvalue weighted by molar-refractivity contribution is -0.732. The summed E-state index contributed by atoms with van der Waals surface area (Å²) >= 11 is 0. The lowest BCUT2D eigenvalue weighted by Gasteiger charge is -2.01. The van der Waals surface area contributed by atoms with Gasteiger partial charge in [-0.05, 0) is 19.3 Å². The Morgan fingerprint density at radius 2 is 1.68 bits per heavy atom. The molecule has 110 valence electrons. The van der Waals surface area contributed by atoms with Gasteiger partial charge in [-0.15, -0.1) is 0 Å². The topological polar surface area (TPSA) is 18.0 Å². The third-order valence-electron chi connectivity index (χ3n) is 3.40. The summed E-state index contributed by atoms with van der Waals surface area (Å²) in [5, 5.41) is 0. The molecule has 0 unspecified atom stereocenters. The first-order valence-electron chi connectivity index (χ1n) is 7.99. The van der Waals surface area contributed by atoms with Crippen molar-refractivity contribution in [2.45, 2.75) is 78.5 Å². The highest BCUT2D eigenvalue weighted by Gasteiger charge is 2.03. The van der Waals surface area contributed by atoms with Gasteiger partial charge in [0, 0.05) is 0 Å².